The van der Waals surface area contributed by atoms with Crippen molar-refractivity contribution in [2.75, 3.05) is 13.6 Å². The van der Waals surface area contributed by atoms with Crippen molar-refractivity contribution in [2.45, 2.75) is 25.4 Å². The molecule has 0 radical (unpaired) electrons. The molecule has 1 atom stereocenters. The van der Waals surface area contributed by atoms with Crippen LogP contribution in [0.1, 0.15) is 18.4 Å². The number of amides is 1. The monoisotopic (exact) mass is 278 g/mol. The van der Waals surface area contributed by atoms with Gasteiger partial charge in [-0.15, -0.1) is 0 Å². The molecule has 0 saturated heterocycles. The third-order valence-electron chi connectivity index (χ3n) is 3.58. The van der Waals surface area contributed by atoms with Gasteiger partial charge in [-0.05, 0) is 18.8 Å². The summed E-state index contributed by atoms with van der Waals surface area (Å²) in [5.74, 6) is 0.0790. The zero-order valence-electron chi connectivity index (χ0n) is 11.4. The Kier molecular flexibility index (Phi) is 4.34. The van der Waals surface area contributed by atoms with Crippen molar-refractivity contribution in [3.8, 4) is 0 Å². The Balaban J connectivity index is 1.98. The number of nitro benzene ring substituents is 1. The molecule has 1 aliphatic rings. The van der Waals surface area contributed by atoms with E-state index in [0.29, 0.717) is 11.5 Å². The van der Waals surface area contributed by atoms with Crippen molar-refractivity contribution in [1.29, 1.82) is 0 Å². The summed E-state index contributed by atoms with van der Waals surface area (Å²) >= 11 is 0. The largest absolute Gasteiger partial charge is 0.391 e. The molecule has 6 heteroatoms. The molecule has 0 aromatic heterocycles. The minimum atomic E-state index is -0.491. The fourth-order valence-corrected chi connectivity index (χ4v) is 2.15. The summed E-state index contributed by atoms with van der Waals surface area (Å²) in [6, 6.07) is 6.23. The molecule has 6 nitrogen and oxygen atoms in total. The molecule has 108 valence electrons. The zero-order chi connectivity index (χ0) is 14.7. The fraction of sp³-hybridized carbons (Fsp3) is 0.500. The standard InChI is InChI=1S/C14H18N2O4/c1-15(9-13(17)10-6-7-10)14(18)8-11-4-2-3-5-12(11)16(19)20/h2-5,10,13,17H,6-9H2,1H3. The Labute approximate surface area is 117 Å². The van der Waals surface area contributed by atoms with Gasteiger partial charge in [0.05, 0.1) is 17.4 Å². The Morgan fingerprint density at radius 3 is 2.75 bits per heavy atom. The first-order chi connectivity index (χ1) is 9.49. The molecule has 0 spiro atoms. The topological polar surface area (TPSA) is 83.7 Å². The summed E-state index contributed by atoms with van der Waals surface area (Å²) in [7, 11) is 1.61. The molecule has 1 amide bonds. The molecule has 0 bridgehead atoms. The first kappa shape index (κ1) is 14.5. The first-order valence-corrected chi connectivity index (χ1v) is 6.63. The van der Waals surface area contributed by atoms with Crippen molar-refractivity contribution >= 4 is 11.6 Å². The van der Waals surface area contributed by atoms with Gasteiger partial charge in [-0.2, -0.15) is 0 Å². The summed E-state index contributed by atoms with van der Waals surface area (Å²) < 4.78 is 0. The van der Waals surface area contributed by atoms with Gasteiger partial charge in [0, 0.05) is 25.2 Å². The number of rotatable bonds is 6. The summed E-state index contributed by atoms with van der Waals surface area (Å²) in [6.45, 7) is 0.282. The molecule has 0 aliphatic heterocycles. The predicted octanol–water partition coefficient (Wildman–Crippen LogP) is 1.37. The molecule has 1 aliphatic carbocycles. The van der Waals surface area contributed by atoms with Gasteiger partial charge in [-0.1, -0.05) is 18.2 Å². The number of para-hydroxylation sites is 1. The van der Waals surface area contributed by atoms with Crippen molar-refractivity contribution in [1.82, 2.24) is 4.90 Å². The van der Waals surface area contributed by atoms with E-state index in [0.717, 1.165) is 12.8 Å². The molecule has 1 N–H and O–H groups in total. The van der Waals surface area contributed by atoms with Crippen LogP contribution in [0.4, 0.5) is 5.69 Å². The Bertz CT molecular complexity index is 514. The zero-order valence-corrected chi connectivity index (χ0v) is 11.4. The van der Waals surface area contributed by atoms with Crippen LogP contribution in [0.3, 0.4) is 0 Å². The highest BCUT2D eigenvalue weighted by molar-refractivity contribution is 5.79. The van der Waals surface area contributed by atoms with Gasteiger partial charge in [0.25, 0.3) is 5.69 Å². The van der Waals surface area contributed by atoms with E-state index in [1.54, 1.807) is 25.2 Å². The number of likely N-dealkylation sites (N-methyl/N-ethyl adjacent to an activating group) is 1. The van der Waals surface area contributed by atoms with Crippen LogP contribution in [0, 0.1) is 16.0 Å². The quantitative estimate of drug-likeness (QED) is 0.629. The lowest BCUT2D eigenvalue weighted by molar-refractivity contribution is -0.385. The Hall–Kier alpha value is -1.95. The fourth-order valence-electron chi connectivity index (χ4n) is 2.15. The second kappa shape index (κ2) is 6.00. The third kappa shape index (κ3) is 3.54. The van der Waals surface area contributed by atoms with Crippen LogP contribution in [0.25, 0.3) is 0 Å². The van der Waals surface area contributed by atoms with Gasteiger partial charge < -0.3 is 10.0 Å². The number of carbonyl (C=O) groups excluding carboxylic acids is 1. The first-order valence-electron chi connectivity index (χ1n) is 6.63. The molecule has 0 heterocycles. The highest BCUT2D eigenvalue weighted by Gasteiger charge is 2.31. The molecular weight excluding hydrogens is 260 g/mol. The minimum Gasteiger partial charge on any atom is -0.391 e. The number of nitro groups is 1. The van der Waals surface area contributed by atoms with Crippen LogP contribution in [0.5, 0.6) is 0 Å². The van der Waals surface area contributed by atoms with Gasteiger partial charge in [0.15, 0.2) is 0 Å². The van der Waals surface area contributed by atoms with Gasteiger partial charge in [0.1, 0.15) is 0 Å². The average Bonchev–Trinajstić information content (AvgIpc) is 3.23. The van der Waals surface area contributed by atoms with Crippen molar-refractivity contribution in [2.24, 2.45) is 5.92 Å². The maximum absolute atomic E-state index is 12.1. The second-order valence-corrected chi connectivity index (χ2v) is 5.24. The molecule has 2 rings (SSSR count). The number of benzene rings is 1. The molecular formula is C14H18N2O4. The van der Waals surface area contributed by atoms with E-state index in [1.807, 2.05) is 0 Å². The van der Waals surface area contributed by atoms with E-state index < -0.39 is 11.0 Å². The molecule has 20 heavy (non-hydrogen) atoms. The number of nitrogens with zero attached hydrogens (tertiary/aromatic N) is 2. The van der Waals surface area contributed by atoms with E-state index in [2.05, 4.69) is 0 Å². The molecule has 1 saturated carbocycles. The predicted molar refractivity (Wildman–Crippen MR) is 73.2 cm³/mol. The molecule has 1 aromatic rings. The van der Waals surface area contributed by atoms with Gasteiger partial charge in [-0.25, -0.2) is 0 Å². The maximum atomic E-state index is 12.1. The highest BCUT2D eigenvalue weighted by Crippen LogP contribution is 2.32. The van der Waals surface area contributed by atoms with E-state index in [-0.39, 0.29) is 24.6 Å². The second-order valence-electron chi connectivity index (χ2n) is 5.24. The highest BCUT2D eigenvalue weighted by atomic mass is 16.6. The number of hydrogen-bond acceptors (Lipinski definition) is 4. The molecule has 1 unspecified atom stereocenters. The van der Waals surface area contributed by atoms with Crippen LogP contribution < -0.4 is 0 Å². The SMILES string of the molecule is CN(CC(O)C1CC1)C(=O)Cc1ccccc1[N+](=O)[O-]. The van der Waals surface area contributed by atoms with E-state index in [4.69, 9.17) is 0 Å². The lowest BCUT2D eigenvalue weighted by Gasteiger charge is -2.20. The average molecular weight is 278 g/mol. The van der Waals surface area contributed by atoms with Crippen LogP contribution in [-0.2, 0) is 11.2 Å². The number of hydrogen-bond donors (Lipinski definition) is 1. The van der Waals surface area contributed by atoms with Crippen LogP contribution in [-0.4, -0.2) is 40.5 Å². The smallest absolute Gasteiger partial charge is 0.273 e. The molecule has 1 fully saturated rings. The van der Waals surface area contributed by atoms with Crippen molar-refractivity contribution < 1.29 is 14.8 Å². The van der Waals surface area contributed by atoms with Crippen molar-refractivity contribution in [3.05, 3.63) is 39.9 Å². The maximum Gasteiger partial charge on any atom is 0.273 e. The molecule has 1 aromatic carbocycles. The summed E-state index contributed by atoms with van der Waals surface area (Å²) in [5.41, 5.74) is 0.354. The van der Waals surface area contributed by atoms with Crippen LogP contribution in [0.2, 0.25) is 0 Å². The summed E-state index contributed by atoms with van der Waals surface area (Å²) in [6.07, 6.45) is 1.50. The van der Waals surface area contributed by atoms with E-state index in [9.17, 15) is 20.0 Å². The normalized spacial score (nSPS) is 15.7. The number of aliphatic hydroxyl groups is 1. The lowest BCUT2D eigenvalue weighted by Crippen LogP contribution is -2.36. The Morgan fingerprint density at radius 1 is 1.50 bits per heavy atom. The van der Waals surface area contributed by atoms with Gasteiger partial charge in [0.2, 0.25) is 5.91 Å². The van der Waals surface area contributed by atoms with Crippen LogP contribution in [0.15, 0.2) is 24.3 Å². The van der Waals surface area contributed by atoms with Crippen molar-refractivity contribution in [3.63, 3.8) is 0 Å². The Morgan fingerprint density at radius 2 is 2.15 bits per heavy atom. The van der Waals surface area contributed by atoms with E-state index >= 15 is 0 Å². The summed E-state index contributed by atoms with van der Waals surface area (Å²) in [5, 5.41) is 20.7. The lowest BCUT2D eigenvalue weighted by atomic mass is 10.1. The van der Waals surface area contributed by atoms with Crippen LogP contribution >= 0.6 is 0 Å². The van der Waals surface area contributed by atoms with Gasteiger partial charge >= 0.3 is 0 Å². The minimum absolute atomic E-state index is 0.0228. The van der Waals surface area contributed by atoms with Gasteiger partial charge in [-0.3, -0.25) is 14.9 Å². The third-order valence-corrected chi connectivity index (χ3v) is 3.58. The van der Waals surface area contributed by atoms with E-state index in [1.165, 1.54) is 11.0 Å². The number of carbonyl (C=O) groups is 1. The summed E-state index contributed by atoms with van der Waals surface area (Å²) in [4.78, 5) is 23.9. The number of aliphatic hydroxyl groups excluding tert-OH is 1.